The van der Waals surface area contributed by atoms with Gasteiger partial charge in [-0.05, 0) is 43.2 Å². The van der Waals surface area contributed by atoms with Crippen LogP contribution in [0.25, 0.3) is 0 Å². The van der Waals surface area contributed by atoms with Crippen LogP contribution in [0.3, 0.4) is 0 Å². The second kappa shape index (κ2) is 8.52. The quantitative estimate of drug-likeness (QED) is 0.344. The molecule has 0 atom stereocenters. The molecule has 13 heteroatoms. The standard InChI is InChI=1S/C18H12Cl2F3N5O3/c1-8-3-11(4-9(2)13(8)20)31-17-14(28(29)30)16(25-7-26-17)27-15-12(19)5-10(6-24-15)18(21,22)23/h3-7H,1-2H3,(H,24,25,26,27). The van der Waals surface area contributed by atoms with E-state index in [4.69, 9.17) is 27.9 Å². The number of rotatable bonds is 5. The summed E-state index contributed by atoms with van der Waals surface area (Å²) in [5.74, 6) is -0.781. The Hall–Kier alpha value is -3.18. The Labute approximate surface area is 183 Å². The molecule has 0 bridgehead atoms. The molecule has 1 aromatic carbocycles. The number of nitrogens with one attached hydrogen (secondary N) is 1. The number of hydrogen-bond donors (Lipinski definition) is 1. The third kappa shape index (κ3) is 4.94. The molecule has 0 unspecified atom stereocenters. The lowest BCUT2D eigenvalue weighted by molar-refractivity contribution is -0.385. The fourth-order valence-corrected chi connectivity index (χ4v) is 2.89. The normalized spacial score (nSPS) is 11.3. The predicted octanol–water partition coefficient (Wildman–Crippen LogP) is 6.26. The molecule has 2 heterocycles. The van der Waals surface area contributed by atoms with E-state index in [2.05, 4.69) is 20.3 Å². The topological polar surface area (TPSA) is 103 Å². The van der Waals surface area contributed by atoms with Crippen LogP contribution < -0.4 is 10.1 Å². The van der Waals surface area contributed by atoms with Crippen LogP contribution in [0, 0.1) is 24.0 Å². The largest absolute Gasteiger partial charge is 0.434 e. The Kier molecular flexibility index (Phi) is 6.18. The van der Waals surface area contributed by atoms with E-state index in [-0.39, 0.29) is 17.4 Å². The monoisotopic (exact) mass is 473 g/mol. The summed E-state index contributed by atoms with van der Waals surface area (Å²) in [4.78, 5) is 22.0. The van der Waals surface area contributed by atoms with E-state index >= 15 is 0 Å². The van der Waals surface area contributed by atoms with Crippen molar-refractivity contribution in [3.8, 4) is 11.6 Å². The van der Waals surface area contributed by atoms with Crippen LogP contribution in [0.2, 0.25) is 10.0 Å². The van der Waals surface area contributed by atoms with E-state index < -0.39 is 33.3 Å². The van der Waals surface area contributed by atoms with Crippen molar-refractivity contribution in [2.75, 3.05) is 5.32 Å². The summed E-state index contributed by atoms with van der Waals surface area (Å²) >= 11 is 12.0. The van der Waals surface area contributed by atoms with Crippen molar-refractivity contribution >= 4 is 40.5 Å². The van der Waals surface area contributed by atoms with Gasteiger partial charge in [0.2, 0.25) is 5.82 Å². The summed E-state index contributed by atoms with van der Waals surface area (Å²) in [7, 11) is 0. The molecule has 0 amide bonds. The molecule has 0 fully saturated rings. The van der Waals surface area contributed by atoms with Crippen molar-refractivity contribution in [3.63, 3.8) is 0 Å². The summed E-state index contributed by atoms with van der Waals surface area (Å²) in [6.07, 6.45) is -3.12. The molecular formula is C18H12Cl2F3N5O3. The summed E-state index contributed by atoms with van der Waals surface area (Å²) in [5.41, 5.74) is -0.358. The van der Waals surface area contributed by atoms with E-state index in [9.17, 15) is 23.3 Å². The third-order valence-electron chi connectivity index (χ3n) is 4.00. The maximum absolute atomic E-state index is 12.8. The number of aryl methyl sites for hydroxylation is 2. The first-order chi connectivity index (χ1) is 14.5. The molecule has 3 rings (SSSR count). The van der Waals surface area contributed by atoms with Gasteiger partial charge in [0.05, 0.1) is 15.5 Å². The van der Waals surface area contributed by atoms with Crippen molar-refractivity contribution < 1.29 is 22.8 Å². The molecule has 0 saturated heterocycles. The van der Waals surface area contributed by atoms with Crippen molar-refractivity contribution in [2.45, 2.75) is 20.0 Å². The molecule has 1 N–H and O–H groups in total. The summed E-state index contributed by atoms with van der Waals surface area (Å²) in [5, 5.41) is 14.2. The van der Waals surface area contributed by atoms with Gasteiger partial charge in [-0.15, -0.1) is 0 Å². The molecule has 31 heavy (non-hydrogen) atoms. The average Bonchev–Trinajstić information content (AvgIpc) is 2.66. The molecular weight excluding hydrogens is 462 g/mol. The second-order valence-corrected chi connectivity index (χ2v) is 7.07. The number of ether oxygens (including phenoxy) is 1. The highest BCUT2D eigenvalue weighted by Crippen LogP contribution is 2.38. The lowest BCUT2D eigenvalue weighted by Crippen LogP contribution is -2.08. The zero-order valence-corrected chi connectivity index (χ0v) is 17.3. The van der Waals surface area contributed by atoms with Crippen molar-refractivity contribution in [1.82, 2.24) is 15.0 Å². The van der Waals surface area contributed by atoms with Gasteiger partial charge in [-0.3, -0.25) is 10.1 Å². The van der Waals surface area contributed by atoms with Gasteiger partial charge < -0.3 is 10.1 Å². The SMILES string of the molecule is Cc1cc(Oc2ncnc(Nc3ncc(C(F)(F)F)cc3Cl)c2[N+](=O)[O-])cc(C)c1Cl. The van der Waals surface area contributed by atoms with Gasteiger partial charge in [0, 0.05) is 11.2 Å². The van der Waals surface area contributed by atoms with E-state index in [0.717, 1.165) is 6.33 Å². The number of nitro groups is 1. The smallest absolute Gasteiger partial charge is 0.417 e. The molecule has 0 radical (unpaired) electrons. The van der Waals surface area contributed by atoms with Gasteiger partial charge in [-0.2, -0.15) is 18.2 Å². The van der Waals surface area contributed by atoms with Crippen LogP contribution >= 0.6 is 23.2 Å². The minimum absolute atomic E-state index is 0.248. The first-order valence-electron chi connectivity index (χ1n) is 8.41. The number of aromatic nitrogens is 3. The van der Waals surface area contributed by atoms with Crippen LogP contribution in [0.15, 0.2) is 30.7 Å². The molecule has 0 aliphatic carbocycles. The Bertz CT molecular complexity index is 1150. The molecule has 0 aliphatic rings. The Morgan fingerprint density at radius 1 is 1.06 bits per heavy atom. The fourth-order valence-electron chi connectivity index (χ4n) is 2.57. The lowest BCUT2D eigenvalue weighted by Gasteiger charge is -2.12. The number of halogens is 5. The third-order valence-corrected chi connectivity index (χ3v) is 4.89. The number of alkyl halides is 3. The molecule has 3 aromatic rings. The van der Waals surface area contributed by atoms with Gasteiger partial charge >= 0.3 is 17.7 Å². The average molecular weight is 474 g/mol. The molecule has 0 spiro atoms. The Morgan fingerprint density at radius 2 is 1.71 bits per heavy atom. The van der Waals surface area contributed by atoms with Crippen molar-refractivity contribution in [2.24, 2.45) is 0 Å². The fraction of sp³-hybridized carbons (Fsp3) is 0.167. The molecule has 0 saturated carbocycles. The van der Waals surface area contributed by atoms with Crippen LogP contribution in [-0.4, -0.2) is 19.9 Å². The van der Waals surface area contributed by atoms with Crippen molar-refractivity contribution in [3.05, 3.63) is 67.6 Å². The highest BCUT2D eigenvalue weighted by Gasteiger charge is 2.32. The van der Waals surface area contributed by atoms with Gasteiger partial charge in [-0.25, -0.2) is 9.97 Å². The number of hydrogen-bond acceptors (Lipinski definition) is 7. The van der Waals surface area contributed by atoms with Crippen LogP contribution in [0.4, 0.5) is 30.5 Å². The van der Waals surface area contributed by atoms with Gasteiger partial charge in [0.1, 0.15) is 12.1 Å². The van der Waals surface area contributed by atoms with Gasteiger partial charge in [0.25, 0.3) is 0 Å². The van der Waals surface area contributed by atoms with E-state index in [1.807, 2.05) is 0 Å². The Morgan fingerprint density at radius 3 is 2.26 bits per heavy atom. The van der Waals surface area contributed by atoms with Crippen LogP contribution in [0.5, 0.6) is 11.6 Å². The number of benzene rings is 1. The predicted molar refractivity (Wildman–Crippen MR) is 107 cm³/mol. The summed E-state index contributed by atoms with van der Waals surface area (Å²) in [6.45, 7) is 3.48. The second-order valence-electron chi connectivity index (χ2n) is 6.28. The van der Waals surface area contributed by atoms with Gasteiger partial charge in [0.15, 0.2) is 5.82 Å². The van der Waals surface area contributed by atoms with Crippen LogP contribution in [-0.2, 0) is 6.18 Å². The maximum atomic E-state index is 12.8. The van der Waals surface area contributed by atoms with Crippen molar-refractivity contribution in [1.29, 1.82) is 0 Å². The number of nitrogens with zero attached hydrogens (tertiary/aromatic N) is 4. The molecule has 162 valence electrons. The van der Waals surface area contributed by atoms with E-state index in [1.54, 1.807) is 26.0 Å². The van der Waals surface area contributed by atoms with E-state index in [1.165, 1.54) is 0 Å². The highest BCUT2D eigenvalue weighted by molar-refractivity contribution is 6.33. The molecule has 8 nitrogen and oxygen atoms in total. The zero-order chi connectivity index (χ0) is 22.9. The highest BCUT2D eigenvalue weighted by atomic mass is 35.5. The lowest BCUT2D eigenvalue weighted by atomic mass is 10.1. The van der Waals surface area contributed by atoms with Gasteiger partial charge in [-0.1, -0.05) is 23.2 Å². The maximum Gasteiger partial charge on any atom is 0.417 e. The van der Waals surface area contributed by atoms with E-state index in [0.29, 0.717) is 28.4 Å². The first-order valence-corrected chi connectivity index (χ1v) is 9.16. The summed E-state index contributed by atoms with van der Waals surface area (Å²) in [6, 6.07) is 3.78. The summed E-state index contributed by atoms with van der Waals surface area (Å²) < 4.78 is 43.9. The number of anilines is 2. The Balaban J connectivity index is 1.99. The molecule has 2 aromatic heterocycles. The van der Waals surface area contributed by atoms with Crippen LogP contribution in [0.1, 0.15) is 16.7 Å². The zero-order valence-electron chi connectivity index (χ0n) is 15.8. The number of pyridine rings is 1. The minimum atomic E-state index is -4.65. The molecule has 0 aliphatic heterocycles. The first kappa shape index (κ1) is 22.5. The minimum Gasteiger partial charge on any atom is -0.434 e.